The van der Waals surface area contributed by atoms with Gasteiger partial charge in [-0.25, -0.2) is 12.2 Å². The summed E-state index contributed by atoms with van der Waals surface area (Å²) in [4.78, 5) is 0. The van der Waals surface area contributed by atoms with Crippen LogP contribution in [0.25, 0.3) is 21.5 Å². The van der Waals surface area contributed by atoms with Crippen molar-refractivity contribution in [3.8, 4) is 0 Å². The normalized spacial score (nSPS) is 12.3. The van der Waals surface area contributed by atoms with Crippen LogP contribution in [-0.2, 0) is 20.0 Å². The van der Waals surface area contributed by atoms with E-state index < -0.39 is 0 Å². The summed E-state index contributed by atoms with van der Waals surface area (Å²) in [6, 6.07) is 19.3. The summed E-state index contributed by atoms with van der Waals surface area (Å²) in [7, 11) is 0. The molecule has 160 valence electrons. The molecule has 0 heterocycles. The number of benzene rings is 2. The molecule has 0 atom stereocenters. The molecule has 0 aliphatic heterocycles. The van der Waals surface area contributed by atoms with Crippen LogP contribution in [0.4, 0.5) is 0 Å². The second-order valence-corrected chi connectivity index (χ2v) is 9.98. The molecule has 4 rings (SSSR count). The van der Waals surface area contributed by atoms with Gasteiger partial charge < -0.3 is 24.8 Å². The topological polar surface area (TPSA) is 0 Å². The van der Waals surface area contributed by atoms with Gasteiger partial charge in [-0.15, -0.1) is 46.2 Å². The molecule has 0 aromatic heterocycles. The maximum Gasteiger partial charge on any atom is -0.0771 e. The van der Waals surface area contributed by atoms with E-state index in [2.05, 4.69) is 128 Å². The molecule has 1 aliphatic rings. The van der Waals surface area contributed by atoms with Crippen molar-refractivity contribution in [3.63, 3.8) is 0 Å². The van der Waals surface area contributed by atoms with Crippen LogP contribution in [0.5, 0.6) is 0 Å². The zero-order valence-corrected chi connectivity index (χ0v) is 22.0. The Bertz CT molecular complexity index is 903. The zero-order valence-electron chi connectivity index (χ0n) is 18.9. The molecule has 0 N–H and O–H groups in total. The Morgan fingerprint density at radius 2 is 1.23 bits per heavy atom. The third-order valence-corrected chi connectivity index (χ3v) is 6.95. The molecule has 3 heteroatoms. The van der Waals surface area contributed by atoms with Gasteiger partial charge in [-0.1, -0.05) is 36.4 Å². The van der Waals surface area contributed by atoms with E-state index in [1.807, 2.05) is 12.2 Å². The summed E-state index contributed by atoms with van der Waals surface area (Å²) in [5.74, 6) is 0. The second kappa shape index (κ2) is 12.7. The van der Waals surface area contributed by atoms with E-state index in [-0.39, 0.29) is 24.8 Å². The maximum atomic E-state index is 2.99. The quantitative estimate of drug-likeness (QED) is 0.344. The average Bonchev–Trinajstić information content (AvgIpc) is 3.31. The van der Waals surface area contributed by atoms with E-state index in [4.69, 9.17) is 0 Å². The molecule has 30 heavy (non-hydrogen) atoms. The summed E-state index contributed by atoms with van der Waals surface area (Å²) in [6.45, 7) is 13.6. The summed E-state index contributed by atoms with van der Waals surface area (Å²) in [5, 5.41) is 5.39. The molecule has 0 radical (unpaired) electrons. The van der Waals surface area contributed by atoms with Crippen LogP contribution in [0.15, 0.2) is 72.8 Å². The van der Waals surface area contributed by atoms with Crippen LogP contribution in [0, 0.1) is 16.9 Å². The summed E-state index contributed by atoms with van der Waals surface area (Å²) in [5.41, 5.74) is 0.719. The molecular weight excluding hydrogens is 443 g/mol. The molecule has 0 nitrogen and oxygen atoms in total. The largest absolute Gasteiger partial charge is 1.00 e. The Morgan fingerprint density at radius 1 is 0.800 bits per heavy atom. The van der Waals surface area contributed by atoms with Crippen LogP contribution in [-0.4, -0.2) is 3.81 Å². The van der Waals surface area contributed by atoms with Crippen molar-refractivity contribution >= 4 is 25.4 Å². The fraction of sp³-hybridized carbons (Fsp3) is 0.333. The van der Waals surface area contributed by atoms with Crippen molar-refractivity contribution in [2.45, 2.75) is 48.0 Å². The van der Waals surface area contributed by atoms with Gasteiger partial charge in [0, 0.05) is 0 Å². The van der Waals surface area contributed by atoms with Gasteiger partial charge in [-0.3, -0.25) is 6.08 Å². The number of hydrogen-bond acceptors (Lipinski definition) is 0. The van der Waals surface area contributed by atoms with Crippen LogP contribution >= 0.6 is 0 Å². The van der Waals surface area contributed by atoms with Gasteiger partial charge in [0.15, 0.2) is 0 Å². The number of fused-ring (bicyclic) bond motifs is 3. The molecular formula is C27H32Cl2Ti-2. The first-order valence-electron chi connectivity index (χ1n) is 9.95. The molecule has 0 bridgehead atoms. The van der Waals surface area contributed by atoms with E-state index >= 15 is 0 Å². The fourth-order valence-electron chi connectivity index (χ4n) is 3.37. The molecule has 3 aromatic carbocycles. The summed E-state index contributed by atoms with van der Waals surface area (Å²) < 4.78 is 1.57. The van der Waals surface area contributed by atoms with Gasteiger partial charge in [0.05, 0.1) is 0 Å². The smallest absolute Gasteiger partial charge is 0.0771 e. The molecule has 0 spiro atoms. The van der Waals surface area contributed by atoms with Crippen molar-refractivity contribution in [2.75, 3.05) is 0 Å². The minimum absolute atomic E-state index is 0. The van der Waals surface area contributed by atoms with Gasteiger partial charge in [0.2, 0.25) is 0 Å². The number of hydrogen-bond donors (Lipinski definition) is 0. The average molecular weight is 475 g/mol. The number of allylic oxidation sites excluding steroid dienone is 4. The first-order chi connectivity index (χ1) is 13.1. The predicted molar refractivity (Wildman–Crippen MR) is 123 cm³/mol. The van der Waals surface area contributed by atoms with Crippen molar-refractivity contribution in [3.05, 3.63) is 78.9 Å². The van der Waals surface area contributed by atoms with E-state index in [0.29, 0.717) is 10.8 Å². The van der Waals surface area contributed by atoms with Gasteiger partial charge >= 0.3 is 76.2 Å². The van der Waals surface area contributed by atoms with Crippen LogP contribution in [0.1, 0.15) is 48.0 Å². The minimum atomic E-state index is 0. The molecule has 0 saturated carbocycles. The van der Waals surface area contributed by atoms with E-state index in [9.17, 15) is 0 Å². The van der Waals surface area contributed by atoms with E-state index in [1.165, 1.54) is 21.5 Å². The monoisotopic (exact) mass is 474 g/mol. The number of rotatable bonds is 0. The Hall–Kier alpha value is -1.05. The van der Waals surface area contributed by atoms with Crippen LogP contribution in [0.3, 0.4) is 0 Å². The van der Waals surface area contributed by atoms with Crippen LogP contribution < -0.4 is 24.8 Å². The molecule has 3 aromatic rings. The van der Waals surface area contributed by atoms with Gasteiger partial charge in [-0.2, -0.15) is 6.08 Å². The predicted octanol–water partition coefficient (Wildman–Crippen LogP) is 1.82. The zero-order chi connectivity index (χ0) is 20.8. The van der Waals surface area contributed by atoms with Gasteiger partial charge in [0.25, 0.3) is 0 Å². The van der Waals surface area contributed by atoms with Crippen molar-refractivity contribution in [1.29, 1.82) is 0 Å². The molecule has 0 fully saturated rings. The molecule has 0 unspecified atom stereocenters. The first-order valence-corrected chi connectivity index (χ1v) is 10.7. The summed E-state index contributed by atoms with van der Waals surface area (Å²) >= 11 is 2.25. The van der Waals surface area contributed by atoms with Crippen LogP contribution in [0.2, 0.25) is 0 Å². The maximum absolute atomic E-state index is 2.99. The van der Waals surface area contributed by atoms with E-state index in [0.717, 1.165) is 6.42 Å². The molecule has 1 aliphatic carbocycles. The van der Waals surface area contributed by atoms with Gasteiger partial charge in [0.1, 0.15) is 0 Å². The number of halogens is 2. The second-order valence-electron chi connectivity index (χ2n) is 9.20. The minimum Gasteiger partial charge on any atom is -1.00 e. The third kappa shape index (κ3) is 8.60. The Labute approximate surface area is 206 Å². The Balaban J connectivity index is 0.000000444. The van der Waals surface area contributed by atoms with Crippen molar-refractivity contribution < 1.29 is 44.8 Å². The van der Waals surface area contributed by atoms with Crippen molar-refractivity contribution in [1.82, 2.24) is 0 Å². The Kier molecular flexibility index (Phi) is 12.3. The fourth-order valence-corrected chi connectivity index (χ4v) is 3.37. The summed E-state index contributed by atoms with van der Waals surface area (Å²) in [6.07, 6.45) is 10.0. The molecule has 0 saturated heterocycles. The Morgan fingerprint density at radius 3 is 1.50 bits per heavy atom. The SMILES string of the molecule is CC(C)(C)[C](=[Ti+2])C(C)(C)C.[C-]1=CC=CC1.[Cl-].[Cl-].c1ccc2c(c1)[cH-]c1ccccc12. The third-order valence-electron chi connectivity index (χ3n) is 4.61. The molecule has 0 amide bonds. The van der Waals surface area contributed by atoms with Crippen molar-refractivity contribution in [2.24, 2.45) is 10.8 Å². The first kappa shape index (κ1) is 29.0. The standard InChI is InChI=1S/C13H9.C9H18.C5H5.2ClH.Ti/c1-3-7-12-10(5-1)9-11-6-2-4-8-13(11)12;1-8(2,3)7-9(4,5)6;1-2-4-5-3-1;;;/h1-9H;1-6H3;1-3H,4H2;2*1H;/q-1;;-1;;;+2/p-2. The van der Waals surface area contributed by atoms with Gasteiger partial charge in [-0.05, 0) is 0 Å². The van der Waals surface area contributed by atoms with E-state index in [1.54, 1.807) is 3.81 Å².